The Balaban J connectivity index is 2.18. The molecular weight excluding hydrogens is 214 g/mol. The molecule has 1 atom stereocenters. The Hall–Kier alpha value is -1.03. The first-order valence-corrected chi connectivity index (χ1v) is 5.23. The highest BCUT2D eigenvalue weighted by Crippen LogP contribution is 2.47. The average Bonchev–Trinajstić information content (AvgIpc) is 2.74. The minimum Gasteiger partial charge on any atom is -0.490 e. The van der Waals surface area contributed by atoms with E-state index in [9.17, 15) is 0 Å². The molecule has 1 unspecified atom stereocenters. The fraction of sp³-hybridized carbons (Fsp3) is 0.600. The SMILES string of the molecule is COc1c(Cl)ncnc1NC1CC1(C)C. The number of rotatable bonds is 3. The first kappa shape index (κ1) is 10.5. The molecule has 1 aliphatic carbocycles. The maximum absolute atomic E-state index is 5.89. The summed E-state index contributed by atoms with van der Waals surface area (Å²) in [7, 11) is 1.56. The summed E-state index contributed by atoms with van der Waals surface area (Å²) < 4.78 is 5.15. The van der Waals surface area contributed by atoms with E-state index >= 15 is 0 Å². The summed E-state index contributed by atoms with van der Waals surface area (Å²) in [5.41, 5.74) is 0.336. The molecule has 15 heavy (non-hydrogen) atoms. The van der Waals surface area contributed by atoms with Gasteiger partial charge in [-0.15, -0.1) is 0 Å². The summed E-state index contributed by atoms with van der Waals surface area (Å²) in [5.74, 6) is 1.19. The third kappa shape index (κ3) is 2.00. The van der Waals surface area contributed by atoms with Gasteiger partial charge in [0.05, 0.1) is 7.11 Å². The van der Waals surface area contributed by atoms with Gasteiger partial charge in [-0.25, -0.2) is 9.97 Å². The largest absolute Gasteiger partial charge is 0.490 e. The number of nitrogens with one attached hydrogen (secondary N) is 1. The highest BCUT2D eigenvalue weighted by atomic mass is 35.5. The molecule has 1 N–H and O–H groups in total. The van der Waals surface area contributed by atoms with Gasteiger partial charge in [-0.3, -0.25) is 0 Å². The second-order valence-electron chi connectivity index (χ2n) is 4.44. The molecule has 0 saturated heterocycles. The molecule has 0 amide bonds. The van der Waals surface area contributed by atoms with Crippen LogP contribution in [0.25, 0.3) is 0 Å². The van der Waals surface area contributed by atoms with E-state index in [-0.39, 0.29) is 0 Å². The zero-order valence-electron chi connectivity index (χ0n) is 9.04. The average molecular weight is 228 g/mol. The number of aromatic nitrogens is 2. The summed E-state index contributed by atoms with van der Waals surface area (Å²) >= 11 is 5.89. The van der Waals surface area contributed by atoms with Crippen LogP contribution in [0.5, 0.6) is 5.75 Å². The lowest BCUT2D eigenvalue weighted by molar-refractivity contribution is 0.412. The monoisotopic (exact) mass is 227 g/mol. The summed E-state index contributed by atoms with van der Waals surface area (Å²) in [5, 5.41) is 3.65. The number of anilines is 1. The topological polar surface area (TPSA) is 47.0 Å². The van der Waals surface area contributed by atoms with Crippen molar-refractivity contribution in [1.29, 1.82) is 0 Å². The van der Waals surface area contributed by atoms with Gasteiger partial charge in [0.1, 0.15) is 6.33 Å². The molecular formula is C10H14ClN3O. The summed E-state index contributed by atoms with van der Waals surface area (Å²) in [6.45, 7) is 4.42. The van der Waals surface area contributed by atoms with Crippen molar-refractivity contribution in [1.82, 2.24) is 9.97 Å². The standard InChI is InChI=1S/C10H14ClN3O/c1-10(2)4-6(10)14-9-7(15-3)8(11)12-5-13-9/h5-6H,4H2,1-3H3,(H,12,13,14). The van der Waals surface area contributed by atoms with Crippen LogP contribution in [0.1, 0.15) is 20.3 Å². The van der Waals surface area contributed by atoms with Crippen molar-refractivity contribution in [3.05, 3.63) is 11.5 Å². The van der Waals surface area contributed by atoms with E-state index in [1.807, 2.05) is 0 Å². The molecule has 0 aliphatic heterocycles. The Kier molecular flexibility index (Phi) is 2.46. The molecule has 0 radical (unpaired) electrons. The zero-order valence-corrected chi connectivity index (χ0v) is 9.80. The van der Waals surface area contributed by atoms with E-state index in [1.165, 1.54) is 6.33 Å². The Morgan fingerprint density at radius 3 is 2.73 bits per heavy atom. The number of halogens is 1. The predicted octanol–water partition coefficient (Wildman–Crippen LogP) is 2.35. The quantitative estimate of drug-likeness (QED) is 0.806. The smallest absolute Gasteiger partial charge is 0.198 e. The molecule has 4 nitrogen and oxygen atoms in total. The Bertz CT molecular complexity index is 381. The number of methoxy groups -OCH3 is 1. The van der Waals surface area contributed by atoms with Crippen LogP contribution in [0.15, 0.2) is 6.33 Å². The molecule has 1 fully saturated rings. The Morgan fingerprint density at radius 1 is 1.53 bits per heavy atom. The number of hydrogen-bond donors (Lipinski definition) is 1. The van der Waals surface area contributed by atoms with Crippen LogP contribution in [-0.2, 0) is 0 Å². The number of nitrogens with zero attached hydrogens (tertiary/aromatic N) is 2. The minimum absolute atomic E-state index is 0.336. The molecule has 0 aromatic carbocycles. The van der Waals surface area contributed by atoms with Crippen LogP contribution in [0, 0.1) is 5.41 Å². The van der Waals surface area contributed by atoms with Crippen LogP contribution in [-0.4, -0.2) is 23.1 Å². The Morgan fingerprint density at radius 2 is 2.20 bits per heavy atom. The highest BCUT2D eigenvalue weighted by molar-refractivity contribution is 6.31. The van der Waals surface area contributed by atoms with E-state index in [1.54, 1.807) is 7.11 Å². The van der Waals surface area contributed by atoms with E-state index in [0.29, 0.717) is 28.2 Å². The van der Waals surface area contributed by atoms with E-state index in [2.05, 4.69) is 29.1 Å². The van der Waals surface area contributed by atoms with Gasteiger partial charge in [-0.1, -0.05) is 25.4 Å². The lowest BCUT2D eigenvalue weighted by atomic mass is 10.2. The summed E-state index contributed by atoms with van der Waals surface area (Å²) in [6.07, 6.45) is 2.57. The van der Waals surface area contributed by atoms with Gasteiger partial charge in [0.2, 0.25) is 0 Å². The van der Waals surface area contributed by atoms with Crippen LogP contribution < -0.4 is 10.1 Å². The molecule has 1 aromatic rings. The summed E-state index contributed by atoms with van der Waals surface area (Å²) in [6, 6.07) is 0.442. The number of hydrogen-bond acceptors (Lipinski definition) is 4. The third-order valence-electron chi connectivity index (χ3n) is 2.79. The van der Waals surface area contributed by atoms with Gasteiger partial charge < -0.3 is 10.1 Å². The van der Waals surface area contributed by atoms with E-state index < -0.39 is 0 Å². The maximum Gasteiger partial charge on any atom is 0.198 e. The highest BCUT2D eigenvalue weighted by Gasteiger charge is 2.46. The van der Waals surface area contributed by atoms with Crippen molar-refractivity contribution in [2.75, 3.05) is 12.4 Å². The van der Waals surface area contributed by atoms with Crippen molar-refractivity contribution >= 4 is 17.4 Å². The van der Waals surface area contributed by atoms with Crippen molar-refractivity contribution in [3.63, 3.8) is 0 Å². The van der Waals surface area contributed by atoms with Gasteiger partial charge in [-0.05, 0) is 11.8 Å². The second kappa shape index (κ2) is 3.52. The van der Waals surface area contributed by atoms with Crippen LogP contribution >= 0.6 is 11.6 Å². The van der Waals surface area contributed by atoms with Crippen LogP contribution in [0.2, 0.25) is 5.15 Å². The van der Waals surface area contributed by atoms with Gasteiger partial charge in [0, 0.05) is 6.04 Å². The van der Waals surface area contributed by atoms with E-state index in [0.717, 1.165) is 6.42 Å². The van der Waals surface area contributed by atoms with Crippen LogP contribution in [0.4, 0.5) is 5.82 Å². The minimum atomic E-state index is 0.336. The van der Waals surface area contributed by atoms with E-state index in [4.69, 9.17) is 16.3 Å². The van der Waals surface area contributed by atoms with Gasteiger partial charge in [0.25, 0.3) is 0 Å². The first-order valence-electron chi connectivity index (χ1n) is 4.85. The lowest BCUT2D eigenvalue weighted by Gasteiger charge is -2.11. The molecule has 2 rings (SSSR count). The molecule has 82 valence electrons. The Labute approximate surface area is 94.0 Å². The normalized spacial score (nSPS) is 22.3. The fourth-order valence-electron chi connectivity index (χ4n) is 1.51. The van der Waals surface area contributed by atoms with Crippen molar-refractivity contribution in [2.24, 2.45) is 5.41 Å². The van der Waals surface area contributed by atoms with Crippen LogP contribution in [0.3, 0.4) is 0 Å². The molecule has 5 heteroatoms. The molecule has 1 aromatic heterocycles. The van der Waals surface area contributed by atoms with Gasteiger partial charge >= 0.3 is 0 Å². The van der Waals surface area contributed by atoms with Gasteiger partial charge in [-0.2, -0.15) is 0 Å². The molecule has 0 bridgehead atoms. The number of ether oxygens (including phenoxy) is 1. The van der Waals surface area contributed by atoms with Crippen molar-refractivity contribution in [3.8, 4) is 5.75 Å². The maximum atomic E-state index is 5.89. The summed E-state index contributed by atoms with van der Waals surface area (Å²) in [4.78, 5) is 7.99. The molecule has 1 aliphatic rings. The lowest BCUT2D eigenvalue weighted by Crippen LogP contribution is -2.11. The van der Waals surface area contributed by atoms with Crippen molar-refractivity contribution in [2.45, 2.75) is 26.3 Å². The van der Waals surface area contributed by atoms with Gasteiger partial charge in [0.15, 0.2) is 16.7 Å². The second-order valence-corrected chi connectivity index (χ2v) is 4.79. The third-order valence-corrected chi connectivity index (χ3v) is 3.06. The first-order chi connectivity index (χ1) is 7.04. The zero-order chi connectivity index (χ0) is 11.1. The molecule has 0 spiro atoms. The molecule has 1 saturated carbocycles. The predicted molar refractivity (Wildman–Crippen MR) is 59.4 cm³/mol. The van der Waals surface area contributed by atoms with Crippen molar-refractivity contribution < 1.29 is 4.74 Å². The molecule has 1 heterocycles. The fourth-order valence-corrected chi connectivity index (χ4v) is 1.72.